The number of pyridine rings is 1. The molecule has 0 amide bonds. The minimum absolute atomic E-state index is 0.108. The molecule has 0 spiro atoms. The summed E-state index contributed by atoms with van der Waals surface area (Å²) in [5.41, 5.74) is 1.84. The summed E-state index contributed by atoms with van der Waals surface area (Å²) >= 11 is 13.4. The Kier molecular flexibility index (Phi) is 7.00. The third kappa shape index (κ3) is 5.32. The smallest absolute Gasteiger partial charge is 0.174 e. The summed E-state index contributed by atoms with van der Waals surface area (Å²) in [6.07, 6.45) is 1.90. The molecule has 2 atom stereocenters. The number of hydrogen-bond donors (Lipinski definition) is 1. The Labute approximate surface area is 219 Å². The van der Waals surface area contributed by atoms with Gasteiger partial charge < -0.3 is 19.4 Å². The van der Waals surface area contributed by atoms with Gasteiger partial charge in [0.2, 0.25) is 0 Å². The molecule has 0 unspecified atom stereocenters. The van der Waals surface area contributed by atoms with Crippen LogP contribution >= 0.6 is 35.6 Å². The fraction of sp³-hybridized carbons (Fsp3) is 0.185. The third-order valence-electron chi connectivity index (χ3n) is 5.51. The van der Waals surface area contributed by atoms with E-state index >= 15 is 0 Å². The van der Waals surface area contributed by atoms with Crippen LogP contribution in [-0.2, 0) is 0 Å². The number of rotatable bonds is 7. The quantitative estimate of drug-likeness (QED) is 0.253. The van der Waals surface area contributed by atoms with Gasteiger partial charge in [-0.25, -0.2) is 0 Å². The topological polar surface area (TPSA) is 50.5 Å². The van der Waals surface area contributed by atoms with Crippen molar-refractivity contribution in [2.75, 3.05) is 4.90 Å². The van der Waals surface area contributed by atoms with Crippen LogP contribution in [0.15, 0.2) is 99.5 Å². The normalized spacial score (nSPS) is 17.6. The second kappa shape index (κ2) is 10.3. The van der Waals surface area contributed by atoms with E-state index < -0.39 is 0 Å². The molecule has 1 aliphatic heterocycles. The molecule has 0 saturated carbocycles. The van der Waals surface area contributed by atoms with E-state index in [4.69, 9.17) is 33.0 Å². The highest BCUT2D eigenvalue weighted by Crippen LogP contribution is 2.43. The first kappa shape index (κ1) is 23.7. The molecule has 5 rings (SSSR count). The lowest BCUT2D eigenvalue weighted by Crippen LogP contribution is -2.29. The predicted octanol–water partition coefficient (Wildman–Crippen LogP) is 7.44. The van der Waals surface area contributed by atoms with Crippen molar-refractivity contribution in [3.63, 3.8) is 0 Å². The van der Waals surface area contributed by atoms with Crippen LogP contribution in [0.4, 0.5) is 5.69 Å². The van der Waals surface area contributed by atoms with E-state index in [1.807, 2.05) is 92.7 Å². The van der Waals surface area contributed by atoms with Crippen LogP contribution in [0.25, 0.3) is 0 Å². The van der Waals surface area contributed by atoms with Gasteiger partial charge in [0.1, 0.15) is 17.6 Å². The molecule has 1 fully saturated rings. The maximum Gasteiger partial charge on any atom is 0.174 e. The van der Waals surface area contributed by atoms with Gasteiger partial charge in [-0.1, -0.05) is 29.4 Å². The second-order valence-corrected chi connectivity index (χ2v) is 10.3. The molecule has 0 aliphatic carbocycles. The maximum atomic E-state index is 6.37. The van der Waals surface area contributed by atoms with Crippen LogP contribution < -0.4 is 15.0 Å². The van der Waals surface area contributed by atoms with Crippen molar-refractivity contribution < 1.29 is 9.15 Å². The Bertz CT molecular complexity index is 1290. The SMILES string of the molecule is CC(C)Oc1ccc(N2C(=S)N[C@H](c3ccccn3)[C@H]2c2ccc(Sc3ccc(Cl)cc3)o2)cc1. The number of anilines is 1. The third-order valence-corrected chi connectivity index (χ3v) is 7.01. The molecule has 2 aromatic carbocycles. The van der Waals surface area contributed by atoms with E-state index in [1.165, 1.54) is 0 Å². The summed E-state index contributed by atoms with van der Waals surface area (Å²) in [5, 5.41) is 5.58. The average molecular weight is 522 g/mol. The zero-order valence-electron chi connectivity index (χ0n) is 19.2. The minimum atomic E-state index is -0.214. The van der Waals surface area contributed by atoms with Crippen molar-refractivity contribution in [1.29, 1.82) is 0 Å². The predicted molar refractivity (Wildman–Crippen MR) is 144 cm³/mol. The lowest BCUT2D eigenvalue weighted by atomic mass is 10.0. The number of halogens is 1. The van der Waals surface area contributed by atoms with Gasteiger partial charge in [-0.2, -0.15) is 0 Å². The molecular formula is C27H24ClN3O2S2. The molecule has 4 aromatic rings. The first-order valence-electron chi connectivity index (χ1n) is 11.3. The van der Waals surface area contributed by atoms with Gasteiger partial charge in [0, 0.05) is 21.8 Å². The lowest BCUT2D eigenvalue weighted by Gasteiger charge is -2.26. The number of hydrogen-bond acceptors (Lipinski definition) is 5. The molecule has 35 heavy (non-hydrogen) atoms. The van der Waals surface area contributed by atoms with Gasteiger partial charge in [0.15, 0.2) is 10.2 Å². The summed E-state index contributed by atoms with van der Waals surface area (Å²) in [5.74, 6) is 1.62. The Hall–Kier alpha value is -3.00. The molecule has 8 heteroatoms. The standard InChI is InChI=1S/C27H24ClN3O2S2/c1-17(2)32-20-10-8-19(9-11-20)31-26(25(30-27(31)34)22-5-3-4-16-29-22)23-14-15-24(33-23)35-21-12-6-18(28)7-13-21/h3-17,25-26H,1-2H3,(H,30,34)/t25-,26-/m1/s1. The van der Waals surface area contributed by atoms with Crippen molar-refractivity contribution >= 4 is 46.4 Å². The van der Waals surface area contributed by atoms with Crippen LogP contribution in [0, 0.1) is 0 Å². The van der Waals surface area contributed by atoms with Crippen LogP contribution in [0.2, 0.25) is 5.02 Å². The number of ether oxygens (including phenoxy) is 1. The molecule has 1 saturated heterocycles. The fourth-order valence-electron chi connectivity index (χ4n) is 4.05. The molecule has 5 nitrogen and oxygen atoms in total. The number of thiocarbonyl (C=S) groups is 1. The van der Waals surface area contributed by atoms with Gasteiger partial charge in [0.25, 0.3) is 0 Å². The van der Waals surface area contributed by atoms with Crippen molar-refractivity contribution in [1.82, 2.24) is 10.3 Å². The molecule has 1 aliphatic rings. The van der Waals surface area contributed by atoms with Crippen molar-refractivity contribution in [3.8, 4) is 5.75 Å². The van der Waals surface area contributed by atoms with Gasteiger partial charge in [0.05, 0.1) is 17.8 Å². The molecule has 1 N–H and O–H groups in total. The molecule has 3 heterocycles. The monoisotopic (exact) mass is 521 g/mol. The van der Waals surface area contributed by atoms with Crippen LogP contribution in [0.3, 0.4) is 0 Å². The average Bonchev–Trinajstić information content (AvgIpc) is 3.45. The number of nitrogens with one attached hydrogen (secondary N) is 1. The van der Waals surface area contributed by atoms with E-state index in [0.29, 0.717) is 10.1 Å². The molecule has 0 bridgehead atoms. The lowest BCUT2D eigenvalue weighted by molar-refractivity contribution is 0.242. The molecule has 0 radical (unpaired) electrons. The Morgan fingerprint density at radius 3 is 2.49 bits per heavy atom. The first-order chi connectivity index (χ1) is 17.0. The number of furan rings is 1. The zero-order chi connectivity index (χ0) is 24.4. The van der Waals surface area contributed by atoms with Crippen LogP contribution in [0.1, 0.15) is 37.4 Å². The Morgan fingerprint density at radius 2 is 1.80 bits per heavy atom. The fourth-order valence-corrected chi connectivity index (χ4v) is 5.30. The van der Waals surface area contributed by atoms with Crippen LogP contribution in [0.5, 0.6) is 5.75 Å². The van der Waals surface area contributed by atoms with Crippen molar-refractivity contribution in [3.05, 3.63) is 102 Å². The summed E-state index contributed by atoms with van der Waals surface area (Å²) in [6, 6.07) is 25.2. The number of nitrogens with zero attached hydrogens (tertiary/aromatic N) is 2. The van der Waals surface area contributed by atoms with E-state index in [2.05, 4.69) is 15.2 Å². The molecule has 2 aromatic heterocycles. The van der Waals surface area contributed by atoms with Crippen LogP contribution in [-0.4, -0.2) is 16.2 Å². The van der Waals surface area contributed by atoms with Gasteiger partial charge in [-0.3, -0.25) is 4.98 Å². The zero-order valence-corrected chi connectivity index (χ0v) is 21.6. The summed E-state index contributed by atoms with van der Waals surface area (Å²) in [6.45, 7) is 4.02. The Morgan fingerprint density at radius 1 is 1.03 bits per heavy atom. The second-order valence-electron chi connectivity index (χ2n) is 8.37. The van der Waals surface area contributed by atoms with Crippen molar-refractivity contribution in [2.45, 2.75) is 42.0 Å². The highest BCUT2D eigenvalue weighted by atomic mass is 35.5. The highest BCUT2D eigenvalue weighted by molar-refractivity contribution is 7.99. The molecule has 178 valence electrons. The Balaban J connectivity index is 1.49. The molecular weight excluding hydrogens is 498 g/mol. The number of benzene rings is 2. The highest BCUT2D eigenvalue weighted by Gasteiger charge is 2.42. The number of aromatic nitrogens is 1. The van der Waals surface area contributed by atoms with E-state index in [9.17, 15) is 0 Å². The van der Waals surface area contributed by atoms with Crippen molar-refractivity contribution in [2.24, 2.45) is 0 Å². The van der Waals surface area contributed by atoms with Gasteiger partial charge >= 0.3 is 0 Å². The summed E-state index contributed by atoms with van der Waals surface area (Å²) < 4.78 is 12.2. The largest absolute Gasteiger partial charge is 0.491 e. The van der Waals surface area contributed by atoms with E-state index in [-0.39, 0.29) is 18.2 Å². The first-order valence-corrected chi connectivity index (χ1v) is 12.9. The van der Waals surface area contributed by atoms with Gasteiger partial charge in [-0.05, 0) is 98.9 Å². The van der Waals surface area contributed by atoms with E-state index in [1.54, 1.807) is 18.0 Å². The minimum Gasteiger partial charge on any atom is -0.491 e. The van der Waals surface area contributed by atoms with E-state index in [0.717, 1.165) is 32.9 Å². The summed E-state index contributed by atoms with van der Waals surface area (Å²) in [4.78, 5) is 7.74. The summed E-state index contributed by atoms with van der Waals surface area (Å²) in [7, 11) is 0. The maximum absolute atomic E-state index is 6.37. The van der Waals surface area contributed by atoms with Gasteiger partial charge in [-0.15, -0.1) is 0 Å².